The van der Waals surface area contributed by atoms with Crippen LogP contribution < -0.4 is 5.32 Å². The Balaban J connectivity index is 1.50. The van der Waals surface area contributed by atoms with Crippen LogP contribution in [0.2, 0.25) is 20.1 Å². The van der Waals surface area contributed by atoms with Crippen molar-refractivity contribution in [1.82, 2.24) is 20.0 Å². The summed E-state index contributed by atoms with van der Waals surface area (Å²) in [5, 5.41) is 15.7. The fourth-order valence-electron chi connectivity index (χ4n) is 2.81. The molecule has 10 heteroatoms. The van der Waals surface area contributed by atoms with Crippen LogP contribution in [0.5, 0.6) is 0 Å². The highest BCUT2D eigenvalue weighted by Gasteiger charge is 2.16. The standard InChI is InChI=1S/C20H13Cl4N5O/c21-12-5-6-13(15(23)7-12)17-8-18(27-26-17)20(30)25-19-16(24)10-29(28-19)9-11-3-1-2-4-14(11)22/h1-8,10H,9H2,(H,26,27)(H,25,28,30). The van der Waals surface area contributed by atoms with E-state index in [9.17, 15) is 4.79 Å². The van der Waals surface area contributed by atoms with Gasteiger partial charge in [-0.15, -0.1) is 0 Å². The quantitative estimate of drug-likeness (QED) is 0.357. The van der Waals surface area contributed by atoms with Crippen LogP contribution in [0, 0.1) is 0 Å². The molecule has 4 aromatic rings. The number of hydrogen-bond donors (Lipinski definition) is 2. The summed E-state index contributed by atoms with van der Waals surface area (Å²) in [5.74, 6) is -0.210. The van der Waals surface area contributed by atoms with Gasteiger partial charge in [0, 0.05) is 21.8 Å². The van der Waals surface area contributed by atoms with Gasteiger partial charge in [0.2, 0.25) is 0 Å². The summed E-state index contributed by atoms with van der Waals surface area (Å²) in [5.41, 5.74) is 2.28. The average molecular weight is 481 g/mol. The van der Waals surface area contributed by atoms with E-state index >= 15 is 0 Å². The molecule has 0 aliphatic rings. The predicted octanol–water partition coefficient (Wildman–Crippen LogP) is 6.19. The van der Waals surface area contributed by atoms with Crippen LogP contribution in [0.15, 0.2) is 54.7 Å². The third-order valence-corrected chi connectivity index (χ3v) is 5.46. The van der Waals surface area contributed by atoms with Gasteiger partial charge in [-0.1, -0.05) is 64.6 Å². The zero-order chi connectivity index (χ0) is 21.3. The Kier molecular flexibility index (Phi) is 6.01. The van der Waals surface area contributed by atoms with Crippen molar-refractivity contribution in [3.05, 3.63) is 86.1 Å². The number of aromatic amines is 1. The average Bonchev–Trinajstić information content (AvgIpc) is 3.31. The molecular weight excluding hydrogens is 468 g/mol. The third kappa shape index (κ3) is 4.47. The SMILES string of the molecule is O=C(Nc1nn(Cc2ccccc2Cl)cc1Cl)c1cc(-c2ccc(Cl)cc2Cl)n[nH]1. The number of rotatable bonds is 5. The van der Waals surface area contributed by atoms with Crippen molar-refractivity contribution in [2.24, 2.45) is 0 Å². The normalized spacial score (nSPS) is 10.9. The number of benzene rings is 2. The van der Waals surface area contributed by atoms with Crippen molar-refractivity contribution >= 4 is 58.1 Å². The molecule has 6 nitrogen and oxygen atoms in total. The second kappa shape index (κ2) is 8.70. The van der Waals surface area contributed by atoms with Crippen LogP contribution in [-0.2, 0) is 6.54 Å². The van der Waals surface area contributed by atoms with Gasteiger partial charge in [-0.25, -0.2) is 0 Å². The van der Waals surface area contributed by atoms with E-state index in [4.69, 9.17) is 46.4 Å². The van der Waals surface area contributed by atoms with Crippen LogP contribution >= 0.6 is 46.4 Å². The fourth-order valence-corrected chi connectivity index (χ4v) is 3.71. The molecule has 0 atom stereocenters. The van der Waals surface area contributed by atoms with E-state index < -0.39 is 5.91 Å². The number of H-pyrrole nitrogens is 1. The monoisotopic (exact) mass is 479 g/mol. The molecule has 2 aromatic heterocycles. The minimum Gasteiger partial charge on any atom is -0.302 e. The van der Waals surface area contributed by atoms with Crippen molar-refractivity contribution < 1.29 is 4.79 Å². The van der Waals surface area contributed by atoms with Crippen molar-refractivity contribution in [3.8, 4) is 11.3 Å². The molecule has 0 unspecified atom stereocenters. The highest BCUT2D eigenvalue weighted by Crippen LogP contribution is 2.29. The first-order valence-electron chi connectivity index (χ1n) is 8.69. The maximum Gasteiger partial charge on any atom is 0.274 e. The molecule has 0 saturated carbocycles. The maximum absolute atomic E-state index is 12.6. The second-order valence-electron chi connectivity index (χ2n) is 6.36. The summed E-state index contributed by atoms with van der Waals surface area (Å²) in [6.07, 6.45) is 1.62. The number of carbonyl (C=O) groups excluding carboxylic acids is 1. The lowest BCUT2D eigenvalue weighted by Gasteiger charge is -2.04. The lowest BCUT2D eigenvalue weighted by molar-refractivity contribution is 0.102. The molecule has 30 heavy (non-hydrogen) atoms. The zero-order valence-electron chi connectivity index (χ0n) is 15.2. The summed E-state index contributed by atoms with van der Waals surface area (Å²) in [6, 6.07) is 14.1. The van der Waals surface area contributed by atoms with Gasteiger partial charge in [0.25, 0.3) is 5.91 Å². The van der Waals surface area contributed by atoms with E-state index in [-0.39, 0.29) is 11.5 Å². The van der Waals surface area contributed by atoms with Crippen molar-refractivity contribution in [3.63, 3.8) is 0 Å². The highest BCUT2D eigenvalue weighted by atomic mass is 35.5. The molecule has 2 heterocycles. The minimum atomic E-state index is -0.441. The van der Waals surface area contributed by atoms with E-state index in [1.807, 2.05) is 18.2 Å². The first-order chi connectivity index (χ1) is 14.4. The van der Waals surface area contributed by atoms with E-state index in [1.165, 1.54) is 0 Å². The Morgan fingerprint density at radius 3 is 2.57 bits per heavy atom. The Morgan fingerprint density at radius 1 is 1.00 bits per heavy atom. The summed E-state index contributed by atoms with van der Waals surface area (Å²) in [4.78, 5) is 12.6. The molecule has 1 amide bonds. The highest BCUT2D eigenvalue weighted by molar-refractivity contribution is 6.36. The van der Waals surface area contributed by atoms with Crippen LogP contribution in [-0.4, -0.2) is 25.9 Å². The van der Waals surface area contributed by atoms with E-state index in [0.717, 1.165) is 5.56 Å². The molecular formula is C20H13Cl4N5O. The number of halogens is 4. The first-order valence-corrected chi connectivity index (χ1v) is 10.2. The number of amides is 1. The summed E-state index contributed by atoms with van der Waals surface area (Å²) < 4.78 is 1.60. The molecule has 4 rings (SSSR count). The lowest BCUT2D eigenvalue weighted by Crippen LogP contribution is -2.13. The minimum absolute atomic E-state index is 0.229. The van der Waals surface area contributed by atoms with Gasteiger partial charge >= 0.3 is 0 Å². The molecule has 2 N–H and O–H groups in total. The zero-order valence-corrected chi connectivity index (χ0v) is 18.2. The van der Waals surface area contributed by atoms with Crippen LogP contribution in [0.25, 0.3) is 11.3 Å². The summed E-state index contributed by atoms with van der Waals surface area (Å²) in [7, 11) is 0. The molecule has 0 aliphatic heterocycles. The molecule has 0 fully saturated rings. The van der Waals surface area contributed by atoms with E-state index in [0.29, 0.717) is 37.9 Å². The molecule has 0 saturated heterocycles. The van der Waals surface area contributed by atoms with Crippen LogP contribution in [0.1, 0.15) is 16.1 Å². The molecule has 0 aliphatic carbocycles. The van der Waals surface area contributed by atoms with Gasteiger partial charge < -0.3 is 5.32 Å². The number of nitrogens with zero attached hydrogens (tertiary/aromatic N) is 3. The molecule has 0 bridgehead atoms. The topological polar surface area (TPSA) is 75.6 Å². The molecule has 0 radical (unpaired) electrons. The largest absolute Gasteiger partial charge is 0.302 e. The van der Waals surface area contributed by atoms with Gasteiger partial charge in [0.1, 0.15) is 10.7 Å². The Bertz CT molecular complexity index is 1230. The predicted molar refractivity (Wildman–Crippen MR) is 120 cm³/mol. The third-order valence-electron chi connectivity index (χ3n) is 4.27. The van der Waals surface area contributed by atoms with Crippen molar-refractivity contribution in [1.29, 1.82) is 0 Å². The number of carbonyl (C=O) groups is 1. The van der Waals surface area contributed by atoms with Crippen molar-refractivity contribution in [2.45, 2.75) is 6.54 Å². The smallest absolute Gasteiger partial charge is 0.274 e. The number of hydrogen-bond acceptors (Lipinski definition) is 3. The maximum atomic E-state index is 12.6. The van der Waals surface area contributed by atoms with Gasteiger partial charge in [-0.3, -0.25) is 14.6 Å². The van der Waals surface area contributed by atoms with Gasteiger partial charge in [0.05, 0.1) is 17.3 Å². The van der Waals surface area contributed by atoms with Crippen LogP contribution in [0.3, 0.4) is 0 Å². The summed E-state index contributed by atoms with van der Waals surface area (Å²) in [6.45, 7) is 0.415. The Labute approximate surface area is 191 Å². The molecule has 2 aromatic carbocycles. The van der Waals surface area contributed by atoms with Crippen LogP contribution in [0.4, 0.5) is 5.82 Å². The van der Waals surface area contributed by atoms with Gasteiger partial charge in [-0.2, -0.15) is 10.2 Å². The second-order valence-corrected chi connectivity index (χ2v) is 8.02. The van der Waals surface area contributed by atoms with E-state index in [2.05, 4.69) is 20.6 Å². The lowest BCUT2D eigenvalue weighted by atomic mass is 10.1. The Morgan fingerprint density at radius 2 is 1.80 bits per heavy atom. The molecule has 0 spiro atoms. The van der Waals surface area contributed by atoms with Crippen molar-refractivity contribution in [2.75, 3.05) is 5.32 Å². The first kappa shape index (κ1) is 20.8. The fraction of sp³-hybridized carbons (Fsp3) is 0.0500. The molecule has 152 valence electrons. The Hall–Kier alpha value is -2.51. The van der Waals surface area contributed by atoms with E-state index in [1.54, 1.807) is 41.2 Å². The van der Waals surface area contributed by atoms with Gasteiger partial charge in [0.15, 0.2) is 5.82 Å². The number of aromatic nitrogens is 4. The number of nitrogens with one attached hydrogen (secondary N) is 2. The van der Waals surface area contributed by atoms with Gasteiger partial charge in [-0.05, 0) is 35.9 Å². The summed E-state index contributed by atoms with van der Waals surface area (Å²) >= 11 is 24.5. The number of anilines is 1.